The number of nitrogens with one attached hydrogen (secondary N) is 1. The second-order valence-corrected chi connectivity index (χ2v) is 8.09. The fourth-order valence-electron chi connectivity index (χ4n) is 4.08. The van der Waals surface area contributed by atoms with Gasteiger partial charge in [0.2, 0.25) is 0 Å². The largest absolute Gasteiger partial charge is 0.493 e. The number of anilines is 2. The van der Waals surface area contributed by atoms with Crippen molar-refractivity contribution < 1.29 is 19.0 Å². The van der Waals surface area contributed by atoms with Crippen molar-refractivity contribution in [1.29, 1.82) is 10.5 Å². The number of fused-ring (bicyclic) bond motifs is 1. The van der Waals surface area contributed by atoms with Crippen molar-refractivity contribution in [2.24, 2.45) is 0 Å². The van der Waals surface area contributed by atoms with Crippen LogP contribution in [0.3, 0.4) is 0 Å². The monoisotopic (exact) mass is 486 g/mol. The molecule has 0 atom stereocenters. The smallest absolute Gasteiger partial charge is 0.321 e. The zero-order chi connectivity index (χ0) is 25.5. The summed E-state index contributed by atoms with van der Waals surface area (Å²) in [6.45, 7) is 2.86. The number of urea groups is 1. The molecule has 4 rings (SSSR count). The molecular weight excluding hydrogens is 460 g/mol. The van der Waals surface area contributed by atoms with Gasteiger partial charge in [0, 0.05) is 56.6 Å². The van der Waals surface area contributed by atoms with Crippen LogP contribution in [-0.2, 0) is 4.74 Å². The van der Waals surface area contributed by atoms with Gasteiger partial charge in [0.1, 0.15) is 12.7 Å². The highest BCUT2D eigenvalue weighted by atomic mass is 16.5. The average molecular weight is 487 g/mol. The highest BCUT2D eigenvalue weighted by Gasteiger charge is 2.25. The van der Waals surface area contributed by atoms with E-state index in [1.807, 2.05) is 6.07 Å². The first-order valence-corrected chi connectivity index (χ1v) is 11.4. The highest BCUT2D eigenvalue weighted by molar-refractivity contribution is 5.97. The molecule has 1 aromatic heterocycles. The molecule has 36 heavy (non-hydrogen) atoms. The van der Waals surface area contributed by atoms with Crippen molar-refractivity contribution in [2.75, 3.05) is 63.8 Å². The third-order valence-electron chi connectivity index (χ3n) is 5.94. The topological polar surface area (TPSA) is 124 Å². The summed E-state index contributed by atoms with van der Waals surface area (Å²) in [5, 5.41) is 22.4. The first kappa shape index (κ1) is 24.6. The minimum atomic E-state index is -0.209. The van der Waals surface area contributed by atoms with Gasteiger partial charge in [0.15, 0.2) is 11.5 Å². The minimum Gasteiger partial charge on any atom is -0.493 e. The maximum atomic E-state index is 12.8. The number of hydrogen-bond donors (Lipinski definition) is 1. The van der Waals surface area contributed by atoms with Crippen molar-refractivity contribution in [1.82, 2.24) is 9.88 Å². The lowest BCUT2D eigenvalue weighted by molar-refractivity contribution is 0.144. The molecule has 1 N–H and O–H groups in total. The van der Waals surface area contributed by atoms with Crippen LogP contribution in [0, 0.1) is 22.7 Å². The van der Waals surface area contributed by atoms with Crippen LogP contribution in [0.2, 0.25) is 0 Å². The third-order valence-corrected chi connectivity index (χ3v) is 5.94. The Hall–Kier alpha value is -4.54. The molecule has 184 valence electrons. The summed E-state index contributed by atoms with van der Waals surface area (Å²) in [6.07, 6.45) is 1.56. The second kappa shape index (κ2) is 11.3. The molecule has 0 unspecified atom stereocenters. The SMILES string of the molecule is COCCOc1cc2ncc(C#N)c(N3CCN(C(=O)Nc4ccc(C#N)cc4)CC3)c2cc1OC. The number of nitriles is 2. The maximum Gasteiger partial charge on any atom is 0.321 e. The van der Waals surface area contributed by atoms with Crippen molar-refractivity contribution in [3.05, 3.63) is 53.7 Å². The quantitative estimate of drug-likeness (QED) is 0.504. The van der Waals surface area contributed by atoms with E-state index in [1.165, 1.54) is 0 Å². The van der Waals surface area contributed by atoms with Crippen molar-refractivity contribution >= 4 is 28.3 Å². The van der Waals surface area contributed by atoms with Crippen LogP contribution >= 0.6 is 0 Å². The van der Waals surface area contributed by atoms with Crippen molar-refractivity contribution in [3.8, 4) is 23.6 Å². The van der Waals surface area contributed by atoms with Crippen molar-refractivity contribution in [2.45, 2.75) is 0 Å². The van der Waals surface area contributed by atoms with Gasteiger partial charge in [-0.15, -0.1) is 0 Å². The van der Waals surface area contributed by atoms with E-state index in [2.05, 4.69) is 27.3 Å². The van der Waals surface area contributed by atoms with Crippen molar-refractivity contribution in [3.63, 3.8) is 0 Å². The van der Waals surface area contributed by atoms with Gasteiger partial charge in [0.05, 0.1) is 42.1 Å². The molecule has 0 bridgehead atoms. The molecule has 10 heteroatoms. The first-order valence-electron chi connectivity index (χ1n) is 11.4. The van der Waals surface area contributed by atoms with Crippen LogP contribution in [0.15, 0.2) is 42.6 Å². The number of amides is 2. The van der Waals surface area contributed by atoms with Crippen LogP contribution in [0.1, 0.15) is 11.1 Å². The predicted octanol–water partition coefficient (Wildman–Crippen LogP) is 3.37. The van der Waals surface area contributed by atoms with E-state index in [9.17, 15) is 10.1 Å². The Morgan fingerprint density at radius 1 is 1.03 bits per heavy atom. The number of ether oxygens (including phenoxy) is 3. The lowest BCUT2D eigenvalue weighted by Gasteiger charge is -2.36. The molecule has 10 nitrogen and oxygen atoms in total. The van der Waals surface area contributed by atoms with E-state index in [1.54, 1.807) is 55.6 Å². The van der Waals surface area contributed by atoms with Crippen LogP contribution in [0.4, 0.5) is 16.2 Å². The molecule has 1 aliphatic heterocycles. The number of benzene rings is 2. The van der Waals surface area contributed by atoms with E-state index in [0.29, 0.717) is 73.2 Å². The summed E-state index contributed by atoms with van der Waals surface area (Å²) in [7, 11) is 3.17. The van der Waals surface area contributed by atoms with E-state index >= 15 is 0 Å². The number of hydrogen-bond acceptors (Lipinski definition) is 8. The molecule has 1 fully saturated rings. The Bertz CT molecular complexity index is 1320. The van der Waals surface area contributed by atoms with E-state index in [4.69, 9.17) is 19.5 Å². The molecule has 0 radical (unpaired) electrons. The Morgan fingerprint density at radius 2 is 1.78 bits per heavy atom. The maximum absolute atomic E-state index is 12.8. The summed E-state index contributed by atoms with van der Waals surface area (Å²) < 4.78 is 16.4. The number of aromatic nitrogens is 1. The number of carbonyl (C=O) groups excluding carboxylic acids is 1. The molecule has 1 saturated heterocycles. The zero-order valence-corrected chi connectivity index (χ0v) is 20.2. The number of methoxy groups -OCH3 is 2. The molecule has 1 aliphatic rings. The Morgan fingerprint density at radius 3 is 2.42 bits per heavy atom. The summed E-state index contributed by atoms with van der Waals surface area (Å²) in [5.74, 6) is 1.09. The van der Waals surface area contributed by atoms with E-state index in [0.717, 1.165) is 11.1 Å². The second-order valence-electron chi connectivity index (χ2n) is 8.09. The number of pyridine rings is 1. The fraction of sp³-hybridized carbons (Fsp3) is 0.308. The van der Waals surface area contributed by atoms with Crippen LogP contribution in [0.5, 0.6) is 11.5 Å². The first-order chi connectivity index (χ1) is 17.6. The van der Waals surface area contributed by atoms with E-state index in [-0.39, 0.29) is 6.03 Å². The van der Waals surface area contributed by atoms with Crippen LogP contribution in [-0.4, -0.2) is 69.5 Å². The lowest BCUT2D eigenvalue weighted by Crippen LogP contribution is -2.50. The number of piperazine rings is 1. The molecule has 0 saturated carbocycles. The fourth-order valence-corrected chi connectivity index (χ4v) is 4.08. The van der Waals surface area contributed by atoms with Gasteiger partial charge in [-0.3, -0.25) is 4.98 Å². The zero-order valence-electron chi connectivity index (χ0n) is 20.2. The third kappa shape index (κ3) is 5.24. The van der Waals surface area contributed by atoms with Crippen LogP contribution in [0.25, 0.3) is 10.9 Å². The lowest BCUT2D eigenvalue weighted by atomic mass is 10.1. The van der Waals surface area contributed by atoms with Crippen LogP contribution < -0.4 is 19.7 Å². The average Bonchev–Trinajstić information content (AvgIpc) is 2.92. The van der Waals surface area contributed by atoms with Gasteiger partial charge in [0.25, 0.3) is 0 Å². The van der Waals surface area contributed by atoms with Gasteiger partial charge < -0.3 is 29.3 Å². The van der Waals surface area contributed by atoms with Gasteiger partial charge in [-0.2, -0.15) is 10.5 Å². The molecule has 2 amide bonds. The van der Waals surface area contributed by atoms with Gasteiger partial charge in [-0.25, -0.2) is 4.79 Å². The highest BCUT2D eigenvalue weighted by Crippen LogP contribution is 2.38. The molecule has 2 heterocycles. The summed E-state index contributed by atoms with van der Waals surface area (Å²) >= 11 is 0. The minimum absolute atomic E-state index is 0.209. The van der Waals surface area contributed by atoms with Gasteiger partial charge >= 0.3 is 6.03 Å². The summed E-state index contributed by atoms with van der Waals surface area (Å²) in [4.78, 5) is 21.0. The molecule has 3 aromatic rings. The Labute approximate surface area is 209 Å². The number of carbonyl (C=O) groups is 1. The molecule has 0 spiro atoms. The standard InChI is InChI=1S/C26H26N6O4/c1-34-11-12-36-24-14-22-21(13-23(24)35-2)25(19(16-28)17-29-22)31-7-9-32(10-8-31)26(33)30-20-5-3-18(15-27)4-6-20/h3-6,13-14,17H,7-12H2,1-2H3,(H,30,33). The number of nitrogens with zero attached hydrogens (tertiary/aromatic N) is 5. The molecule has 0 aliphatic carbocycles. The molecular formula is C26H26N6O4. The summed E-state index contributed by atoms with van der Waals surface area (Å²) in [6, 6.07) is 14.5. The number of rotatable bonds is 7. The Balaban J connectivity index is 1.53. The predicted molar refractivity (Wildman–Crippen MR) is 134 cm³/mol. The van der Waals surface area contributed by atoms with Gasteiger partial charge in [-0.05, 0) is 30.3 Å². The Kier molecular flexibility index (Phi) is 7.69. The summed E-state index contributed by atoms with van der Waals surface area (Å²) in [5.41, 5.74) is 3.05. The van der Waals surface area contributed by atoms with Gasteiger partial charge in [-0.1, -0.05) is 0 Å². The normalized spacial score (nSPS) is 13.1. The molecule has 2 aromatic carbocycles. The van der Waals surface area contributed by atoms with E-state index < -0.39 is 0 Å².